The summed E-state index contributed by atoms with van der Waals surface area (Å²) in [6, 6.07) is 12.3. The minimum absolute atomic E-state index is 0.154. The van der Waals surface area contributed by atoms with E-state index in [9.17, 15) is 13.2 Å². The zero-order valence-corrected chi connectivity index (χ0v) is 17.6. The fraction of sp³-hybridized carbons (Fsp3) is 0.381. The molecule has 0 aromatic heterocycles. The number of nitrogens with one attached hydrogen (secondary N) is 1. The lowest BCUT2D eigenvalue weighted by Gasteiger charge is -2.35. The number of benzene rings is 2. The summed E-state index contributed by atoms with van der Waals surface area (Å²) in [5.41, 5.74) is 4.06. The van der Waals surface area contributed by atoms with Gasteiger partial charge in [-0.05, 0) is 56.5 Å². The van der Waals surface area contributed by atoms with Crippen LogP contribution < -0.4 is 10.2 Å². The molecule has 2 aromatic carbocycles. The lowest BCUT2D eigenvalue weighted by atomic mass is 9.98. The molecule has 3 rings (SSSR count). The second-order valence-electron chi connectivity index (χ2n) is 7.41. The molecule has 1 amide bonds. The third kappa shape index (κ3) is 4.05. The molecule has 1 atom stereocenters. The number of hydrogen-bond acceptors (Lipinski definition) is 4. The number of sulfonamides is 1. The van der Waals surface area contributed by atoms with Crippen LogP contribution in [0.15, 0.2) is 47.4 Å². The maximum absolute atomic E-state index is 12.9. The molecule has 0 aliphatic carbocycles. The second-order valence-corrected chi connectivity index (χ2v) is 9.56. The van der Waals surface area contributed by atoms with Crippen LogP contribution in [-0.2, 0) is 21.2 Å². The highest BCUT2D eigenvalue weighted by Crippen LogP contribution is 2.30. The van der Waals surface area contributed by atoms with Crippen molar-refractivity contribution in [3.63, 3.8) is 0 Å². The lowest BCUT2D eigenvalue weighted by molar-refractivity contribution is -0.117. The topological polar surface area (TPSA) is 69.7 Å². The Hall–Kier alpha value is -2.38. The van der Waals surface area contributed by atoms with Gasteiger partial charge in [-0.3, -0.25) is 4.79 Å². The van der Waals surface area contributed by atoms with Gasteiger partial charge in [0.25, 0.3) is 0 Å². The molecule has 1 aliphatic rings. The molecule has 0 saturated carbocycles. The van der Waals surface area contributed by atoms with Crippen molar-refractivity contribution in [1.82, 2.24) is 4.31 Å². The van der Waals surface area contributed by atoms with Gasteiger partial charge < -0.3 is 10.2 Å². The minimum atomic E-state index is -3.55. The average molecular weight is 402 g/mol. The van der Waals surface area contributed by atoms with E-state index in [0.29, 0.717) is 5.69 Å². The number of aryl methyl sites for hydroxylation is 2. The van der Waals surface area contributed by atoms with Gasteiger partial charge in [0, 0.05) is 32.0 Å². The van der Waals surface area contributed by atoms with Crippen LogP contribution >= 0.6 is 0 Å². The zero-order valence-electron chi connectivity index (χ0n) is 16.8. The van der Waals surface area contributed by atoms with Crippen molar-refractivity contribution in [3.8, 4) is 0 Å². The molecule has 0 saturated heterocycles. The first-order valence-corrected chi connectivity index (χ1v) is 10.8. The van der Waals surface area contributed by atoms with Gasteiger partial charge in [0.2, 0.25) is 15.9 Å². The molecular weight excluding hydrogens is 374 g/mol. The molecule has 7 heteroatoms. The summed E-state index contributed by atoms with van der Waals surface area (Å²) in [5.74, 6) is -0.159. The van der Waals surface area contributed by atoms with E-state index >= 15 is 0 Å². The van der Waals surface area contributed by atoms with Gasteiger partial charge in [0.05, 0.1) is 4.90 Å². The first-order chi connectivity index (χ1) is 13.2. The summed E-state index contributed by atoms with van der Waals surface area (Å²) >= 11 is 0. The number of rotatable bonds is 5. The van der Waals surface area contributed by atoms with E-state index in [1.165, 1.54) is 37.4 Å². The highest BCUT2D eigenvalue weighted by atomic mass is 32.2. The molecule has 1 heterocycles. The summed E-state index contributed by atoms with van der Waals surface area (Å²) in [5, 5.41) is 2.87. The van der Waals surface area contributed by atoms with Crippen molar-refractivity contribution >= 4 is 27.3 Å². The summed E-state index contributed by atoms with van der Waals surface area (Å²) in [6.07, 6.45) is 2.02. The number of carbonyl (C=O) groups is 1. The molecule has 0 unspecified atom stereocenters. The Morgan fingerprint density at radius 3 is 2.64 bits per heavy atom. The van der Waals surface area contributed by atoms with Crippen molar-refractivity contribution in [1.29, 1.82) is 0 Å². The first kappa shape index (κ1) is 20.4. The van der Waals surface area contributed by atoms with Gasteiger partial charge in [-0.25, -0.2) is 12.7 Å². The Morgan fingerprint density at radius 1 is 1.18 bits per heavy atom. The number of nitrogens with zero attached hydrogens (tertiary/aromatic N) is 2. The average Bonchev–Trinajstić information content (AvgIpc) is 2.66. The smallest absolute Gasteiger partial charge is 0.246 e. The molecule has 0 spiro atoms. The fourth-order valence-electron chi connectivity index (χ4n) is 3.49. The van der Waals surface area contributed by atoms with Gasteiger partial charge in [0.1, 0.15) is 6.04 Å². The Labute approximate surface area is 167 Å². The molecule has 1 N–H and O–H groups in total. The molecule has 150 valence electrons. The Balaban J connectivity index is 1.79. The summed E-state index contributed by atoms with van der Waals surface area (Å²) in [7, 11) is -0.580. The quantitative estimate of drug-likeness (QED) is 0.836. The molecule has 0 bridgehead atoms. The number of hydrogen-bond donors (Lipinski definition) is 1. The van der Waals surface area contributed by atoms with E-state index in [1.54, 1.807) is 12.1 Å². The largest absolute Gasteiger partial charge is 0.360 e. The SMILES string of the molecule is Cc1ccc2c(c1)CCCN2[C@@H](C)C(=O)Nc1cccc(S(=O)(=O)N(C)C)c1. The first-order valence-electron chi connectivity index (χ1n) is 9.40. The standard InChI is InChI=1S/C21H27N3O3S/c1-15-10-11-20-17(13-15)7-6-12-24(20)16(2)21(25)22-18-8-5-9-19(14-18)28(26,27)23(3)4/h5,8-11,13-14,16H,6-7,12H2,1-4H3,(H,22,25)/t16-/m0/s1. The summed E-state index contributed by atoms with van der Waals surface area (Å²) in [4.78, 5) is 15.1. The van der Waals surface area contributed by atoms with E-state index < -0.39 is 10.0 Å². The Morgan fingerprint density at radius 2 is 1.93 bits per heavy atom. The molecule has 0 fully saturated rings. The van der Waals surface area contributed by atoms with Gasteiger partial charge in [-0.2, -0.15) is 0 Å². The van der Waals surface area contributed by atoms with Crippen LogP contribution in [0.1, 0.15) is 24.5 Å². The van der Waals surface area contributed by atoms with Gasteiger partial charge >= 0.3 is 0 Å². The summed E-state index contributed by atoms with van der Waals surface area (Å²) in [6.45, 7) is 4.77. The number of anilines is 2. The predicted octanol–water partition coefficient (Wildman–Crippen LogP) is 3.03. The number of carbonyl (C=O) groups excluding carboxylic acids is 1. The molecule has 2 aromatic rings. The third-order valence-electron chi connectivity index (χ3n) is 5.12. The third-order valence-corrected chi connectivity index (χ3v) is 6.93. The lowest BCUT2D eigenvalue weighted by Crippen LogP contribution is -2.44. The highest BCUT2D eigenvalue weighted by molar-refractivity contribution is 7.89. The van der Waals surface area contributed by atoms with Crippen LogP contribution in [0.3, 0.4) is 0 Å². The van der Waals surface area contributed by atoms with Crippen LogP contribution in [-0.4, -0.2) is 45.3 Å². The van der Waals surface area contributed by atoms with E-state index in [1.807, 2.05) is 6.92 Å². The van der Waals surface area contributed by atoms with Crippen molar-refractivity contribution in [3.05, 3.63) is 53.6 Å². The molecule has 6 nitrogen and oxygen atoms in total. The van der Waals surface area contributed by atoms with Crippen molar-refractivity contribution in [2.45, 2.75) is 37.6 Å². The van der Waals surface area contributed by atoms with Gasteiger partial charge in [0.15, 0.2) is 0 Å². The number of fused-ring (bicyclic) bond motifs is 1. The highest BCUT2D eigenvalue weighted by Gasteiger charge is 2.26. The van der Waals surface area contributed by atoms with E-state index in [4.69, 9.17) is 0 Å². The number of amides is 1. The zero-order chi connectivity index (χ0) is 20.5. The Kier molecular flexibility index (Phi) is 5.76. The van der Waals surface area contributed by atoms with Crippen LogP contribution in [0, 0.1) is 6.92 Å². The molecule has 1 aliphatic heterocycles. The van der Waals surface area contributed by atoms with E-state index in [0.717, 1.165) is 29.4 Å². The van der Waals surface area contributed by atoms with Gasteiger partial charge in [-0.15, -0.1) is 0 Å². The molecule has 0 radical (unpaired) electrons. The van der Waals surface area contributed by atoms with E-state index in [2.05, 4.69) is 35.3 Å². The maximum Gasteiger partial charge on any atom is 0.246 e. The van der Waals surface area contributed by atoms with E-state index in [-0.39, 0.29) is 16.8 Å². The van der Waals surface area contributed by atoms with Crippen LogP contribution in [0.5, 0.6) is 0 Å². The monoisotopic (exact) mass is 401 g/mol. The van der Waals surface area contributed by atoms with Crippen LogP contribution in [0.4, 0.5) is 11.4 Å². The molecular formula is C21H27N3O3S. The normalized spacial score (nSPS) is 15.2. The minimum Gasteiger partial charge on any atom is -0.360 e. The van der Waals surface area contributed by atoms with Crippen molar-refractivity contribution in [2.75, 3.05) is 30.9 Å². The Bertz CT molecular complexity index is 986. The maximum atomic E-state index is 12.9. The van der Waals surface area contributed by atoms with Crippen LogP contribution in [0.2, 0.25) is 0 Å². The molecule has 28 heavy (non-hydrogen) atoms. The second kappa shape index (κ2) is 7.93. The fourth-order valence-corrected chi connectivity index (χ4v) is 4.44. The van der Waals surface area contributed by atoms with Gasteiger partial charge in [-0.1, -0.05) is 23.8 Å². The predicted molar refractivity (Wildman–Crippen MR) is 112 cm³/mol. The van der Waals surface area contributed by atoms with Crippen LogP contribution in [0.25, 0.3) is 0 Å². The van der Waals surface area contributed by atoms with Crippen molar-refractivity contribution < 1.29 is 13.2 Å². The summed E-state index contributed by atoms with van der Waals surface area (Å²) < 4.78 is 25.8. The van der Waals surface area contributed by atoms with Crippen molar-refractivity contribution in [2.24, 2.45) is 0 Å².